The lowest BCUT2D eigenvalue weighted by molar-refractivity contribution is -0.129. The van der Waals surface area contributed by atoms with Gasteiger partial charge in [0.2, 0.25) is 0 Å². The molecule has 3 amide bonds. The molecule has 1 aromatic rings. The van der Waals surface area contributed by atoms with Gasteiger partial charge in [-0.25, -0.2) is 9.18 Å². The zero-order chi connectivity index (χ0) is 16.1. The Kier molecular flexibility index (Phi) is 3.44. The molecule has 3 aliphatic rings. The molecule has 0 saturated carbocycles. The van der Waals surface area contributed by atoms with E-state index in [0.29, 0.717) is 26.1 Å². The molecule has 7 heteroatoms. The van der Waals surface area contributed by atoms with Crippen LogP contribution < -0.4 is 4.90 Å². The minimum absolute atomic E-state index is 0.0679. The van der Waals surface area contributed by atoms with Crippen LogP contribution in [0.1, 0.15) is 19.3 Å². The minimum atomic E-state index is -0.457. The van der Waals surface area contributed by atoms with Crippen molar-refractivity contribution in [2.24, 2.45) is 0 Å². The van der Waals surface area contributed by atoms with Gasteiger partial charge in [-0.1, -0.05) is 11.6 Å². The van der Waals surface area contributed by atoms with Crippen molar-refractivity contribution in [3.05, 3.63) is 29.0 Å². The molecule has 3 aliphatic heterocycles. The van der Waals surface area contributed by atoms with Crippen LogP contribution in [0.5, 0.6) is 0 Å². The zero-order valence-corrected chi connectivity index (χ0v) is 13.3. The van der Waals surface area contributed by atoms with Crippen molar-refractivity contribution < 1.29 is 14.0 Å². The summed E-state index contributed by atoms with van der Waals surface area (Å²) in [7, 11) is 0. The number of halogens is 2. The number of rotatable bonds is 2. The van der Waals surface area contributed by atoms with Crippen molar-refractivity contribution in [2.75, 3.05) is 24.5 Å². The third-order valence-corrected chi connectivity index (χ3v) is 5.33. The number of nitrogens with zero attached hydrogens (tertiary/aromatic N) is 3. The number of anilines is 1. The summed E-state index contributed by atoms with van der Waals surface area (Å²) in [6.45, 7) is 1.90. The van der Waals surface area contributed by atoms with Gasteiger partial charge >= 0.3 is 6.03 Å². The average Bonchev–Trinajstić information content (AvgIpc) is 3.22. The lowest BCUT2D eigenvalue weighted by atomic mass is 10.2. The lowest BCUT2D eigenvalue weighted by Crippen LogP contribution is -2.43. The van der Waals surface area contributed by atoms with Gasteiger partial charge in [0.25, 0.3) is 5.91 Å². The number of carbonyl (C=O) groups excluding carboxylic acids is 2. The second-order valence-electron chi connectivity index (χ2n) is 6.33. The number of amides is 3. The normalized spacial score (nSPS) is 27.3. The quantitative estimate of drug-likeness (QED) is 0.779. The van der Waals surface area contributed by atoms with Gasteiger partial charge in [-0.2, -0.15) is 0 Å². The van der Waals surface area contributed by atoms with Crippen LogP contribution in [-0.2, 0) is 4.79 Å². The molecule has 0 radical (unpaired) electrons. The standard InChI is InChI=1S/C16H17ClFN3O2/c17-12-4-3-10(8-13(12)18)19-7-5-11(9-19)21-15(22)14-2-1-6-20(14)16(21)23/h3-4,8,11,14H,1-2,5-7,9H2/t11-,14-/m0/s1. The van der Waals surface area contributed by atoms with Gasteiger partial charge in [-0.05, 0) is 37.5 Å². The van der Waals surface area contributed by atoms with Crippen molar-refractivity contribution in [1.29, 1.82) is 0 Å². The van der Waals surface area contributed by atoms with E-state index in [1.807, 2.05) is 4.90 Å². The van der Waals surface area contributed by atoms with Gasteiger partial charge in [0, 0.05) is 25.3 Å². The Hall–Kier alpha value is -1.82. The van der Waals surface area contributed by atoms with Crippen LogP contribution in [0.15, 0.2) is 18.2 Å². The number of hydrogen-bond acceptors (Lipinski definition) is 3. The molecule has 0 bridgehead atoms. The van der Waals surface area contributed by atoms with Crippen molar-refractivity contribution in [2.45, 2.75) is 31.3 Å². The highest BCUT2D eigenvalue weighted by Crippen LogP contribution is 2.32. The fourth-order valence-corrected chi connectivity index (χ4v) is 3.97. The van der Waals surface area contributed by atoms with Crippen LogP contribution in [-0.4, -0.2) is 53.5 Å². The summed E-state index contributed by atoms with van der Waals surface area (Å²) in [4.78, 5) is 30.1. The van der Waals surface area contributed by atoms with Crippen molar-refractivity contribution >= 4 is 29.2 Å². The molecule has 2 atom stereocenters. The first-order chi connectivity index (χ1) is 11.1. The summed E-state index contributed by atoms with van der Waals surface area (Å²) >= 11 is 5.72. The molecule has 0 aromatic heterocycles. The highest BCUT2D eigenvalue weighted by Gasteiger charge is 2.50. The maximum absolute atomic E-state index is 13.6. The molecule has 4 rings (SSSR count). The van der Waals surface area contributed by atoms with Crippen LogP contribution in [0.25, 0.3) is 0 Å². The second kappa shape index (κ2) is 5.37. The van der Waals surface area contributed by atoms with Crippen molar-refractivity contribution in [1.82, 2.24) is 9.80 Å². The number of imide groups is 1. The van der Waals surface area contributed by atoms with Gasteiger partial charge in [0.1, 0.15) is 11.9 Å². The van der Waals surface area contributed by atoms with E-state index >= 15 is 0 Å². The smallest absolute Gasteiger partial charge is 0.327 e. The van der Waals surface area contributed by atoms with Crippen LogP contribution in [0.4, 0.5) is 14.9 Å². The molecule has 0 spiro atoms. The maximum Gasteiger partial charge on any atom is 0.327 e. The SMILES string of the molecule is O=C1[C@@H]2CCCN2C(=O)N1[C@H]1CCN(c2ccc(Cl)c(F)c2)C1. The molecule has 23 heavy (non-hydrogen) atoms. The summed E-state index contributed by atoms with van der Waals surface area (Å²) in [5.74, 6) is -0.525. The van der Waals surface area contributed by atoms with E-state index in [1.165, 1.54) is 17.0 Å². The highest BCUT2D eigenvalue weighted by molar-refractivity contribution is 6.30. The Bertz CT molecular complexity index is 661. The van der Waals surface area contributed by atoms with Gasteiger partial charge in [0.15, 0.2) is 0 Å². The molecular weight excluding hydrogens is 321 g/mol. The van der Waals surface area contributed by atoms with E-state index in [0.717, 1.165) is 18.5 Å². The Morgan fingerprint density at radius 2 is 2.00 bits per heavy atom. The van der Waals surface area contributed by atoms with E-state index < -0.39 is 5.82 Å². The van der Waals surface area contributed by atoms with Gasteiger partial charge in [0.05, 0.1) is 11.1 Å². The molecule has 0 N–H and O–H groups in total. The molecule has 3 saturated heterocycles. The summed E-state index contributed by atoms with van der Waals surface area (Å²) in [5.41, 5.74) is 0.731. The number of benzene rings is 1. The fraction of sp³-hybridized carbons (Fsp3) is 0.500. The first kappa shape index (κ1) is 14.8. The van der Waals surface area contributed by atoms with Gasteiger partial charge in [-0.15, -0.1) is 0 Å². The van der Waals surface area contributed by atoms with E-state index in [4.69, 9.17) is 11.6 Å². The van der Waals surface area contributed by atoms with Crippen LogP contribution in [0.2, 0.25) is 5.02 Å². The molecule has 1 aromatic carbocycles. The van der Waals surface area contributed by atoms with Crippen LogP contribution >= 0.6 is 11.6 Å². The molecule has 5 nitrogen and oxygen atoms in total. The van der Waals surface area contributed by atoms with Crippen molar-refractivity contribution in [3.63, 3.8) is 0 Å². The molecule has 0 aliphatic carbocycles. The van der Waals surface area contributed by atoms with Crippen LogP contribution in [0.3, 0.4) is 0 Å². The van der Waals surface area contributed by atoms with E-state index in [-0.39, 0.29) is 29.0 Å². The van der Waals surface area contributed by atoms with Gasteiger partial charge < -0.3 is 9.80 Å². The number of urea groups is 1. The zero-order valence-electron chi connectivity index (χ0n) is 12.5. The summed E-state index contributed by atoms with van der Waals surface area (Å²) in [6.07, 6.45) is 2.37. The van der Waals surface area contributed by atoms with E-state index in [2.05, 4.69) is 0 Å². The van der Waals surface area contributed by atoms with Gasteiger partial charge in [-0.3, -0.25) is 9.69 Å². The Morgan fingerprint density at radius 1 is 1.17 bits per heavy atom. The highest BCUT2D eigenvalue weighted by atomic mass is 35.5. The first-order valence-electron chi connectivity index (χ1n) is 7.90. The molecule has 0 unspecified atom stereocenters. The number of fused-ring (bicyclic) bond motifs is 1. The van der Waals surface area contributed by atoms with E-state index in [9.17, 15) is 14.0 Å². The average molecular weight is 338 g/mol. The Balaban J connectivity index is 1.51. The maximum atomic E-state index is 13.6. The summed E-state index contributed by atoms with van der Waals surface area (Å²) < 4.78 is 13.6. The minimum Gasteiger partial charge on any atom is -0.369 e. The van der Waals surface area contributed by atoms with Crippen molar-refractivity contribution in [3.8, 4) is 0 Å². The predicted octanol–water partition coefficient (Wildman–Crippen LogP) is 2.48. The third-order valence-electron chi connectivity index (χ3n) is 5.02. The predicted molar refractivity (Wildman–Crippen MR) is 84.0 cm³/mol. The first-order valence-corrected chi connectivity index (χ1v) is 8.28. The van der Waals surface area contributed by atoms with E-state index in [1.54, 1.807) is 11.0 Å². The number of carbonyl (C=O) groups is 2. The largest absolute Gasteiger partial charge is 0.369 e. The molecule has 3 heterocycles. The molecule has 122 valence electrons. The van der Waals surface area contributed by atoms with Crippen LogP contribution in [0, 0.1) is 5.82 Å². The lowest BCUT2D eigenvalue weighted by Gasteiger charge is -2.24. The molecule has 3 fully saturated rings. The topological polar surface area (TPSA) is 43.9 Å². The third kappa shape index (κ3) is 2.27. The summed E-state index contributed by atoms with van der Waals surface area (Å²) in [6, 6.07) is 4.13. The Labute approximate surface area is 138 Å². The number of hydrogen-bond donors (Lipinski definition) is 0. The molecular formula is C16H17ClFN3O2. The monoisotopic (exact) mass is 337 g/mol. The Morgan fingerprint density at radius 3 is 2.74 bits per heavy atom. The second-order valence-corrected chi connectivity index (χ2v) is 6.74. The fourth-order valence-electron chi connectivity index (χ4n) is 3.85. The summed E-state index contributed by atoms with van der Waals surface area (Å²) in [5, 5.41) is 0.0926.